The molecule has 2 aromatic rings. The summed E-state index contributed by atoms with van der Waals surface area (Å²) in [5, 5.41) is 3.42. The second-order valence-corrected chi connectivity index (χ2v) is 5.98. The molecule has 0 aliphatic heterocycles. The van der Waals surface area contributed by atoms with E-state index in [1.54, 1.807) is 37.3 Å². The van der Waals surface area contributed by atoms with Crippen molar-refractivity contribution in [2.75, 3.05) is 26.0 Å². The van der Waals surface area contributed by atoms with Crippen LogP contribution >= 0.6 is 11.6 Å². The number of hydrogen-bond acceptors (Lipinski definition) is 4. The molecular weight excluding hydrogens is 332 g/mol. The van der Waals surface area contributed by atoms with Crippen LogP contribution in [0.3, 0.4) is 0 Å². The van der Waals surface area contributed by atoms with Gasteiger partial charge in [-0.05, 0) is 31.2 Å². The number of hydrogen-bond donors (Lipinski definition) is 2. The molecule has 1 heterocycles. The molecule has 0 bridgehead atoms. The third-order valence-electron chi connectivity index (χ3n) is 3.44. The van der Waals surface area contributed by atoms with E-state index in [0.717, 1.165) is 4.90 Å². The fourth-order valence-electron chi connectivity index (χ4n) is 2.32. The predicted octanol–water partition coefficient (Wildman–Crippen LogP) is 1.68. The van der Waals surface area contributed by atoms with Gasteiger partial charge < -0.3 is 19.4 Å². The summed E-state index contributed by atoms with van der Waals surface area (Å²) in [6, 6.07) is 8.57. The number of ether oxygens (including phenoxy) is 1. The van der Waals surface area contributed by atoms with Gasteiger partial charge in [0, 0.05) is 16.8 Å². The maximum Gasteiger partial charge on any atom is 0.341 e. The van der Waals surface area contributed by atoms with Gasteiger partial charge in [0.05, 0.1) is 14.2 Å². The van der Waals surface area contributed by atoms with Crippen molar-refractivity contribution in [3.05, 3.63) is 52.4 Å². The standard InChI is InChI=1S/C17H19ClN2O4/c1-11-15(17(22)23-3)8-14(24-11)9-20(2)10-16(21)19-13-6-4-12(18)5-7-13/h4-8H,9-10H2,1-3H3,(H,19,21)/p+1. The average Bonchev–Trinajstić information content (AvgIpc) is 2.89. The minimum atomic E-state index is -0.430. The van der Waals surface area contributed by atoms with E-state index in [2.05, 4.69) is 5.32 Å². The van der Waals surface area contributed by atoms with Crippen molar-refractivity contribution in [2.45, 2.75) is 13.5 Å². The lowest BCUT2D eigenvalue weighted by Gasteiger charge is -2.12. The molecule has 2 rings (SSSR count). The second-order valence-electron chi connectivity index (χ2n) is 5.54. The number of rotatable bonds is 6. The number of carbonyl (C=O) groups excluding carboxylic acids is 2. The lowest BCUT2D eigenvalue weighted by atomic mass is 10.2. The first-order chi connectivity index (χ1) is 11.4. The van der Waals surface area contributed by atoms with Crippen LogP contribution in [0.15, 0.2) is 34.7 Å². The van der Waals surface area contributed by atoms with E-state index in [-0.39, 0.29) is 12.5 Å². The van der Waals surface area contributed by atoms with Crippen molar-refractivity contribution in [3.63, 3.8) is 0 Å². The van der Waals surface area contributed by atoms with Gasteiger partial charge in [0.2, 0.25) is 0 Å². The van der Waals surface area contributed by atoms with Gasteiger partial charge in [-0.2, -0.15) is 0 Å². The Balaban J connectivity index is 1.90. The zero-order valence-corrected chi connectivity index (χ0v) is 14.6. The molecule has 7 heteroatoms. The summed E-state index contributed by atoms with van der Waals surface area (Å²) < 4.78 is 10.2. The number of carbonyl (C=O) groups is 2. The molecule has 0 spiro atoms. The molecule has 0 saturated carbocycles. The molecule has 1 aromatic carbocycles. The van der Waals surface area contributed by atoms with E-state index < -0.39 is 5.97 Å². The van der Waals surface area contributed by atoms with Crippen LogP contribution in [0.25, 0.3) is 0 Å². The zero-order valence-electron chi connectivity index (χ0n) is 13.8. The van der Waals surface area contributed by atoms with Gasteiger partial charge in [-0.3, -0.25) is 4.79 Å². The van der Waals surface area contributed by atoms with Crippen molar-refractivity contribution < 1.29 is 23.6 Å². The fraction of sp³-hybridized carbons (Fsp3) is 0.294. The number of likely N-dealkylation sites (N-methyl/N-ethyl adjacent to an activating group) is 1. The number of amides is 1. The van der Waals surface area contributed by atoms with Crippen LogP contribution < -0.4 is 10.2 Å². The van der Waals surface area contributed by atoms with Crippen LogP contribution in [0.1, 0.15) is 21.9 Å². The van der Waals surface area contributed by atoms with Gasteiger partial charge in [-0.15, -0.1) is 0 Å². The first kappa shape index (κ1) is 18.0. The normalized spacial score (nSPS) is 11.8. The van der Waals surface area contributed by atoms with Crippen molar-refractivity contribution in [3.8, 4) is 0 Å². The van der Waals surface area contributed by atoms with Gasteiger partial charge in [0.25, 0.3) is 5.91 Å². The SMILES string of the molecule is COC(=O)c1cc(C[NH+](C)CC(=O)Nc2ccc(Cl)cc2)oc1C. The Morgan fingerprint density at radius 1 is 1.29 bits per heavy atom. The number of nitrogens with one attached hydrogen (secondary N) is 2. The number of methoxy groups -OCH3 is 1. The molecule has 1 amide bonds. The van der Waals surface area contributed by atoms with Crippen LogP contribution in [-0.2, 0) is 16.1 Å². The number of anilines is 1. The number of benzene rings is 1. The van der Waals surface area contributed by atoms with Crippen LogP contribution in [0.5, 0.6) is 0 Å². The second kappa shape index (κ2) is 7.99. The summed E-state index contributed by atoms with van der Waals surface area (Å²) in [5.74, 6) is 0.590. The Labute approximate surface area is 145 Å². The van der Waals surface area contributed by atoms with E-state index in [4.69, 9.17) is 20.8 Å². The Morgan fingerprint density at radius 2 is 1.96 bits per heavy atom. The van der Waals surface area contributed by atoms with Crippen LogP contribution in [0, 0.1) is 6.92 Å². The molecule has 0 aliphatic rings. The van der Waals surface area contributed by atoms with Crippen molar-refractivity contribution in [1.29, 1.82) is 0 Å². The molecule has 0 aliphatic carbocycles. The molecule has 1 aromatic heterocycles. The minimum absolute atomic E-state index is 0.119. The van der Waals surface area contributed by atoms with Crippen molar-refractivity contribution in [2.24, 2.45) is 0 Å². The van der Waals surface area contributed by atoms with E-state index >= 15 is 0 Å². The summed E-state index contributed by atoms with van der Waals surface area (Å²) in [6.45, 7) is 2.44. The lowest BCUT2D eigenvalue weighted by Crippen LogP contribution is -3.08. The number of halogens is 1. The molecule has 24 heavy (non-hydrogen) atoms. The molecule has 0 radical (unpaired) electrons. The zero-order chi connectivity index (χ0) is 17.7. The summed E-state index contributed by atoms with van der Waals surface area (Å²) in [7, 11) is 3.20. The van der Waals surface area contributed by atoms with E-state index in [1.165, 1.54) is 7.11 Å². The predicted molar refractivity (Wildman–Crippen MR) is 90.3 cm³/mol. The smallest absolute Gasteiger partial charge is 0.341 e. The van der Waals surface area contributed by atoms with E-state index in [1.807, 2.05) is 7.05 Å². The number of furan rings is 1. The molecule has 1 atom stereocenters. The Hall–Kier alpha value is -2.31. The lowest BCUT2D eigenvalue weighted by molar-refractivity contribution is -0.886. The summed E-state index contributed by atoms with van der Waals surface area (Å²) >= 11 is 5.81. The van der Waals surface area contributed by atoms with Gasteiger partial charge in [-0.25, -0.2) is 4.79 Å². The third kappa shape index (κ3) is 4.84. The summed E-state index contributed by atoms with van der Waals surface area (Å²) in [4.78, 5) is 24.6. The van der Waals surface area contributed by atoms with Gasteiger partial charge in [-0.1, -0.05) is 11.6 Å². The maximum atomic E-state index is 12.1. The average molecular weight is 352 g/mol. The van der Waals surface area contributed by atoms with Gasteiger partial charge in [0.15, 0.2) is 12.3 Å². The third-order valence-corrected chi connectivity index (χ3v) is 3.69. The van der Waals surface area contributed by atoms with E-state index in [9.17, 15) is 9.59 Å². The highest BCUT2D eigenvalue weighted by atomic mass is 35.5. The van der Waals surface area contributed by atoms with Crippen LogP contribution in [0.4, 0.5) is 5.69 Å². The highest BCUT2D eigenvalue weighted by Crippen LogP contribution is 2.15. The van der Waals surface area contributed by atoms with Gasteiger partial charge in [0.1, 0.15) is 17.9 Å². The van der Waals surface area contributed by atoms with Crippen molar-refractivity contribution in [1.82, 2.24) is 0 Å². The number of esters is 1. The highest BCUT2D eigenvalue weighted by molar-refractivity contribution is 6.30. The summed E-state index contributed by atoms with van der Waals surface area (Å²) in [6.07, 6.45) is 0. The fourth-order valence-corrected chi connectivity index (χ4v) is 2.44. The Kier molecular flexibility index (Phi) is 6.00. The first-order valence-corrected chi connectivity index (χ1v) is 7.81. The Morgan fingerprint density at radius 3 is 2.58 bits per heavy atom. The van der Waals surface area contributed by atoms with Crippen molar-refractivity contribution >= 4 is 29.2 Å². The van der Waals surface area contributed by atoms with Crippen LogP contribution in [-0.4, -0.2) is 32.6 Å². The molecule has 0 saturated heterocycles. The largest absolute Gasteiger partial charge is 0.465 e. The molecular formula is C17H20ClN2O4+. The van der Waals surface area contributed by atoms with E-state index in [0.29, 0.717) is 34.3 Å². The number of aryl methyl sites for hydroxylation is 1. The van der Waals surface area contributed by atoms with Gasteiger partial charge >= 0.3 is 5.97 Å². The minimum Gasteiger partial charge on any atom is -0.465 e. The first-order valence-electron chi connectivity index (χ1n) is 7.43. The monoisotopic (exact) mass is 351 g/mol. The number of quaternary nitrogens is 1. The maximum absolute atomic E-state index is 12.1. The molecule has 1 unspecified atom stereocenters. The quantitative estimate of drug-likeness (QED) is 0.777. The topological polar surface area (TPSA) is 73.0 Å². The highest BCUT2D eigenvalue weighted by Gasteiger charge is 2.18. The molecule has 0 fully saturated rings. The van der Waals surface area contributed by atoms with Crippen LogP contribution in [0.2, 0.25) is 5.02 Å². The molecule has 2 N–H and O–H groups in total. The Bertz CT molecular complexity index is 725. The molecule has 6 nitrogen and oxygen atoms in total. The summed E-state index contributed by atoms with van der Waals surface area (Å²) in [5.41, 5.74) is 1.10. The molecule has 128 valence electrons.